The molecule has 0 bridgehead atoms. The second-order valence-electron chi connectivity index (χ2n) is 6.06. The molecule has 1 aliphatic heterocycles. The van der Waals surface area contributed by atoms with Crippen LogP contribution in [-0.4, -0.2) is 40.6 Å². The lowest BCUT2D eigenvalue weighted by Crippen LogP contribution is -2.42. The SMILES string of the molecule is CCc1nnc(CN(C)CC(=O)N2c3ccccc3CC2C)o1. The number of para-hydroxylation sites is 1. The van der Waals surface area contributed by atoms with Crippen molar-refractivity contribution >= 4 is 11.6 Å². The molecule has 0 aliphatic carbocycles. The Hall–Kier alpha value is -2.21. The Kier molecular flexibility index (Phi) is 4.43. The number of nitrogens with zero attached hydrogens (tertiary/aromatic N) is 4. The van der Waals surface area contributed by atoms with E-state index in [1.165, 1.54) is 5.56 Å². The van der Waals surface area contributed by atoms with Crippen LogP contribution in [0.5, 0.6) is 0 Å². The van der Waals surface area contributed by atoms with Crippen LogP contribution in [0.3, 0.4) is 0 Å². The van der Waals surface area contributed by atoms with E-state index in [1.54, 1.807) is 0 Å². The summed E-state index contributed by atoms with van der Waals surface area (Å²) >= 11 is 0. The maximum absolute atomic E-state index is 12.7. The highest BCUT2D eigenvalue weighted by molar-refractivity contribution is 5.97. The third kappa shape index (κ3) is 3.27. The van der Waals surface area contributed by atoms with Gasteiger partial charge in [-0.1, -0.05) is 25.1 Å². The van der Waals surface area contributed by atoms with Crippen LogP contribution in [0.25, 0.3) is 0 Å². The average Bonchev–Trinajstić information content (AvgIpc) is 3.09. The normalized spacial score (nSPS) is 16.9. The van der Waals surface area contributed by atoms with Gasteiger partial charge in [0.05, 0.1) is 13.1 Å². The molecule has 0 fully saturated rings. The smallest absolute Gasteiger partial charge is 0.241 e. The molecule has 2 heterocycles. The standard InChI is InChI=1S/C17H22N4O2/c1-4-15-18-19-16(23-15)10-20(3)11-17(22)21-12(2)9-13-7-5-6-8-14(13)21/h5-8,12H,4,9-11H2,1-3H3. The molecule has 6 nitrogen and oxygen atoms in total. The number of likely N-dealkylation sites (N-methyl/N-ethyl adjacent to an activating group) is 1. The Morgan fingerprint density at radius 2 is 2.09 bits per heavy atom. The molecular weight excluding hydrogens is 292 g/mol. The van der Waals surface area contributed by atoms with Gasteiger partial charge in [0, 0.05) is 18.2 Å². The summed E-state index contributed by atoms with van der Waals surface area (Å²) in [5, 5.41) is 7.95. The van der Waals surface area contributed by atoms with E-state index in [4.69, 9.17) is 4.42 Å². The van der Waals surface area contributed by atoms with Crippen LogP contribution in [0.4, 0.5) is 5.69 Å². The van der Waals surface area contributed by atoms with Crippen LogP contribution < -0.4 is 4.90 Å². The summed E-state index contributed by atoms with van der Waals surface area (Å²) in [5.74, 6) is 1.27. The summed E-state index contributed by atoms with van der Waals surface area (Å²) in [6.07, 6.45) is 1.63. The van der Waals surface area contributed by atoms with Crippen LogP contribution in [0.1, 0.15) is 31.2 Å². The van der Waals surface area contributed by atoms with Gasteiger partial charge in [-0.2, -0.15) is 0 Å². The molecule has 1 amide bonds. The van der Waals surface area contributed by atoms with Crippen LogP contribution >= 0.6 is 0 Å². The second-order valence-corrected chi connectivity index (χ2v) is 6.06. The molecule has 1 unspecified atom stereocenters. The molecule has 0 N–H and O–H groups in total. The zero-order valence-corrected chi connectivity index (χ0v) is 13.8. The summed E-state index contributed by atoms with van der Waals surface area (Å²) < 4.78 is 5.50. The van der Waals surface area contributed by atoms with Crippen molar-refractivity contribution in [2.45, 2.75) is 39.3 Å². The molecular formula is C17H22N4O2. The zero-order valence-electron chi connectivity index (χ0n) is 13.8. The van der Waals surface area contributed by atoms with Crippen LogP contribution in [0.2, 0.25) is 0 Å². The van der Waals surface area contributed by atoms with Gasteiger partial charge in [-0.15, -0.1) is 10.2 Å². The van der Waals surface area contributed by atoms with Crippen molar-refractivity contribution in [3.8, 4) is 0 Å². The molecule has 1 aromatic carbocycles. The van der Waals surface area contributed by atoms with E-state index in [0.29, 0.717) is 24.9 Å². The molecule has 0 saturated heterocycles. The number of fused-ring (bicyclic) bond motifs is 1. The first-order valence-corrected chi connectivity index (χ1v) is 7.98. The number of aryl methyl sites for hydroxylation is 1. The number of anilines is 1. The molecule has 3 rings (SSSR count). The third-order valence-electron chi connectivity index (χ3n) is 4.10. The highest BCUT2D eigenvalue weighted by atomic mass is 16.4. The summed E-state index contributed by atoms with van der Waals surface area (Å²) in [6, 6.07) is 8.30. The second kappa shape index (κ2) is 6.50. The largest absolute Gasteiger partial charge is 0.424 e. The van der Waals surface area contributed by atoms with E-state index in [2.05, 4.69) is 23.2 Å². The van der Waals surface area contributed by atoms with Gasteiger partial charge in [0.25, 0.3) is 0 Å². The third-order valence-corrected chi connectivity index (χ3v) is 4.10. The van der Waals surface area contributed by atoms with E-state index in [1.807, 2.05) is 42.0 Å². The Morgan fingerprint density at radius 1 is 1.35 bits per heavy atom. The molecule has 1 aliphatic rings. The summed E-state index contributed by atoms with van der Waals surface area (Å²) in [4.78, 5) is 16.5. The fourth-order valence-electron chi connectivity index (χ4n) is 3.03. The fraction of sp³-hybridized carbons (Fsp3) is 0.471. The summed E-state index contributed by atoms with van der Waals surface area (Å²) in [7, 11) is 1.89. The first-order chi connectivity index (χ1) is 11.1. The average molecular weight is 314 g/mol. The molecule has 6 heteroatoms. The van der Waals surface area contributed by atoms with Gasteiger partial charge in [-0.3, -0.25) is 9.69 Å². The number of amides is 1. The molecule has 0 saturated carbocycles. The topological polar surface area (TPSA) is 62.5 Å². The maximum Gasteiger partial charge on any atom is 0.241 e. The summed E-state index contributed by atoms with van der Waals surface area (Å²) in [5.41, 5.74) is 2.27. The minimum atomic E-state index is 0.0974. The number of aromatic nitrogens is 2. The van der Waals surface area contributed by atoms with Crippen molar-refractivity contribution in [2.24, 2.45) is 0 Å². The fourth-order valence-corrected chi connectivity index (χ4v) is 3.03. The number of rotatable bonds is 5. The maximum atomic E-state index is 12.7. The van der Waals surface area contributed by atoms with Crippen molar-refractivity contribution in [3.05, 3.63) is 41.6 Å². The minimum Gasteiger partial charge on any atom is -0.424 e. The number of hydrogen-bond donors (Lipinski definition) is 0. The molecule has 2 aromatic rings. The van der Waals surface area contributed by atoms with Crippen molar-refractivity contribution in [1.29, 1.82) is 0 Å². The first-order valence-electron chi connectivity index (χ1n) is 7.98. The molecule has 122 valence electrons. The Balaban J connectivity index is 1.64. The number of carbonyl (C=O) groups excluding carboxylic acids is 1. The predicted octanol–water partition coefficient (Wildman–Crippen LogP) is 2.04. The number of benzene rings is 1. The lowest BCUT2D eigenvalue weighted by atomic mass is 10.1. The highest BCUT2D eigenvalue weighted by Gasteiger charge is 2.30. The van der Waals surface area contributed by atoms with Gasteiger partial charge >= 0.3 is 0 Å². The summed E-state index contributed by atoms with van der Waals surface area (Å²) in [6.45, 7) is 4.85. The lowest BCUT2D eigenvalue weighted by molar-refractivity contribution is -0.119. The van der Waals surface area contributed by atoms with Crippen molar-refractivity contribution in [3.63, 3.8) is 0 Å². The van der Waals surface area contributed by atoms with Crippen molar-refractivity contribution in [1.82, 2.24) is 15.1 Å². The Bertz CT molecular complexity index is 697. The zero-order chi connectivity index (χ0) is 16.4. The van der Waals surface area contributed by atoms with E-state index in [-0.39, 0.29) is 11.9 Å². The van der Waals surface area contributed by atoms with Gasteiger partial charge in [0.2, 0.25) is 17.7 Å². The Labute approximate surface area is 136 Å². The Morgan fingerprint density at radius 3 is 2.83 bits per heavy atom. The lowest BCUT2D eigenvalue weighted by Gasteiger charge is -2.25. The van der Waals surface area contributed by atoms with Gasteiger partial charge in [0.15, 0.2) is 0 Å². The van der Waals surface area contributed by atoms with Crippen LogP contribution in [-0.2, 0) is 24.2 Å². The predicted molar refractivity (Wildman–Crippen MR) is 87.1 cm³/mol. The van der Waals surface area contributed by atoms with Crippen LogP contribution in [0.15, 0.2) is 28.7 Å². The number of hydrogen-bond acceptors (Lipinski definition) is 5. The molecule has 0 spiro atoms. The minimum absolute atomic E-state index is 0.0974. The van der Waals surface area contributed by atoms with Gasteiger partial charge < -0.3 is 9.32 Å². The number of carbonyl (C=O) groups is 1. The molecule has 23 heavy (non-hydrogen) atoms. The van der Waals surface area contributed by atoms with Gasteiger partial charge in [-0.05, 0) is 32.0 Å². The highest BCUT2D eigenvalue weighted by Crippen LogP contribution is 2.31. The molecule has 1 aromatic heterocycles. The van der Waals surface area contributed by atoms with E-state index in [0.717, 1.165) is 18.5 Å². The van der Waals surface area contributed by atoms with Crippen molar-refractivity contribution in [2.75, 3.05) is 18.5 Å². The van der Waals surface area contributed by atoms with E-state index in [9.17, 15) is 4.79 Å². The van der Waals surface area contributed by atoms with E-state index >= 15 is 0 Å². The van der Waals surface area contributed by atoms with Crippen LogP contribution in [0, 0.1) is 0 Å². The van der Waals surface area contributed by atoms with E-state index < -0.39 is 0 Å². The van der Waals surface area contributed by atoms with Crippen molar-refractivity contribution < 1.29 is 9.21 Å². The van der Waals surface area contributed by atoms with Gasteiger partial charge in [-0.25, -0.2) is 0 Å². The first kappa shape index (κ1) is 15.7. The van der Waals surface area contributed by atoms with Gasteiger partial charge in [0.1, 0.15) is 0 Å². The molecule has 1 atom stereocenters. The monoisotopic (exact) mass is 314 g/mol. The molecule has 0 radical (unpaired) electrons. The quantitative estimate of drug-likeness (QED) is 0.845.